The van der Waals surface area contributed by atoms with Gasteiger partial charge < -0.3 is 13.1 Å². The molecule has 21 heavy (non-hydrogen) atoms. The Morgan fingerprint density at radius 2 is 1.29 bits per heavy atom. The van der Waals surface area contributed by atoms with E-state index in [-0.39, 0.29) is 0 Å². The fraction of sp³-hybridized carbons (Fsp3) is 1.00. The molecule has 0 radical (unpaired) electrons. The molecule has 0 aromatic rings. The lowest BCUT2D eigenvalue weighted by molar-refractivity contribution is 0.248. The number of nitrogens with zero attached hydrogens (tertiary/aromatic N) is 1. The minimum atomic E-state index is -1.92. The highest BCUT2D eigenvalue weighted by Gasteiger charge is 2.45. The van der Waals surface area contributed by atoms with Gasteiger partial charge in [0, 0.05) is 14.2 Å². The first-order chi connectivity index (χ1) is 9.21. The second-order valence-corrected chi connectivity index (χ2v) is 22.8. The third-order valence-corrected chi connectivity index (χ3v) is 19.0. The van der Waals surface area contributed by atoms with Crippen molar-refractivity contribution in [2.24, 2.45) is 0 Å². The molecule has 0 heterocycles. The quantitative estimate of drug-likeness (QED) is 0.583. The lowest BCUT2D eigenvalue weighted by Crippen LogP contribution is -2.64. The maximum Gasteiger partial charge on any atom is 0.334 e. The van der Waals surface area contributed by atoms with Gasteiger partial charge in [-0.2, -0.15) is 0 Å². The van der Waals surface area contributed by atoms with Crippen LogP contribution in [0.5, 0.6) is 0 Å². The van der Waals surface area contributed by atoms with E-state index in [0.717, 1.165) is 6.04 Å². The zero-order valence-electron chi connectivity index (χ0n) is 16.4. The molecule has 0 aliphatic heterocycles. The van der Waals surface area contributed by atoms with Gasteiger partial charge in [-0.15, -0.1) is 0 Å². The highest BCUT2D eigenvalue weighted by molar-refractivity contribution is 6.91. The van der Waals surface area contributed by atoms with Crippen molar-refractivity contribution in [3.63, 3.8) is 0 Å². The van der Waals surface area contributed by atoms with Gasteiger partial charge in [0.2, 0.25) is 0 Å². The van der Waals surface area contributed by atoms with Crippen molar-refractivity contribution >= 4 is 25.0 Å². The predicted octanol–water partition coefficient (Wildman–Crippen LogP) is 4.88. The standard InChI is InChI=1S/C15H39NO2Si3/c1-15(2,3)20(9,10)16(19(6,7)8)13-12-14-21(11,17-4)18-5/h12-14H2,1-11H3. The Kier molecular flexibility index (Phi) is 7.59. The third-order valence-electron chi connectivity index (χ3n) is 5.20. The topological polar surface area (TPSA) is 21.7 Å². The minimum Gasteiger partial charge on any atom is -0.398 e. The molecule has 3 nitrogen and oxygen atoms in total. The normalized spacial score (nSPS) is 14.9. The van der Waals surface area contributed by atoms with E-state index in [2.05, 4.69) is 64.3 Å². The molecule has 0 saturated carbocycles. The fourth-order valence-corrected chi connectivity index (χ4v) is 14.1. The van der Waals surface area contributed by atoms with Crippen molar-refractivity contribution < 1.29 is 8.85 Å². The summed E-state index contributed by atoms with van der Waals surface area (Å²) in [5.41, 5.74) is 0. The second-order valence-electron chi connectivity index (χ2n) is 8.78. The molecule has 0 aromatic carbocycles. The Morgan fingerprint density at radius 1 is 0.857 bits per heavy atom. The number of hydrogen-bond acceptors (Lipinski definition) is 3. The maximum absolute atomic E-state index is 5.63. The molecular weight excluding hydrogens is 310 g/mol. The van der Waals surface area contributed by atoms with Gasteiger partial charge in [-0.1, -0.05) is 53.5 Å². The molecule has 0 fully saturated rings. The number of rotatable bonds is 8. The molecule has 0 N–H and O–H groups in total. The number of hydrogen-bond donors (Lipinski definition) is 0. The average molecular weight is 350 g/mol. The maximum atomic E-state index is 5.63. The van der Waals surface area contributed by atoms with Gasteiger partial charge in [-0.3, -0.25) is 0 Å². The van der Waals surface area contributed by atoms with Gasteiger partial charge in [0.15, 0.2) is 0 Å². The van der Waals surface area contributed by atoms with E-state index >= 15 is 0 Å². The Bertz CT molecular complexity index is 318. The molecule has 128 valence electrons. The first kappa shape index (κ1) is 21.5. The average Bonchev–Trinajstić information content (AvgIpc) is 2.31. The van der Waals surface area contributed by atoms with Crippen LogP contribution in [0, 0.1) is 0 Å². The van der Waals surface area contributed by atoms with Crippen LogP contribution in [-0.2, 0) is 8.85 Å². The summed E-state index contributed by atoms with van der Waals surface area (Å²) in [4.78, 5) is 0. The van der Waals surface area contributed by atoms with E-state index in [1.54, 1.807) is 14.2 Å². The molecule has 0 unspecified atom stereocenters. The van der Waals surface area contributed by atoms with E-state index < -0.39 is 25.0 Å². The molecule has 6 heteroatoms. The Balaban J connectivity index is 5.00. The van der Waals surface area contributed by atoms with Crippen molar-refractivity contribution in [1.82, 2.24) is 4.23 Å². The van der Waals surface area contributed by atoms with E-state index in [9.17, 15) is 0 Å². The Labute approximate surface area is 136 Å². The van der Waals surface area contributed by atoms with E-state index in [4.69, 9.17) is 8.85 Å². The highest BCUT2D eigenvalue weighted by Crippen LogP contribution is 2.40. The third kappa shape index (κ3) is 5.91. The zero-order chi connectivity index (χ0) is 17.1. The summed E-state index contributed by atoms with van der Waals surface area (Å²) < 4.78 is 14.2. The van der Waals surface area contributed by atoms with Crippen LogP contribution in [0.2, 0.25) is 50.4 Å². The first-order valence-electron chi connectivity index (χ1n) is 8.09. The first-order valence-corrected chi connectivity index (χ1v) is 17.0. The molecule has 0 aliphatic rings. The summed E-state index contributed by atoms with van der Waals surface area (Å²) in [5, 5.41) is 0.399. The summed E-state index contributed by atoms with van der Waals surface area (Å²) in [5.74, 6) is 0. The smallest absolute Gasteiger partial charge is 0.334 e. The Morgan fingerprint density at radius 3 is 1.57 bits per heavy atom. The van der Waals surface area contributed by atoms with Crippen LogP contribution in [0.15, 0.2) is 0 Å². The van der Waals surface area contributed by atoms with Gasteiger partial charge >= 0.3 is 8.56 Å². The van der Waals surface area contributed by atoms with Crippen LogP contribution in [0.25, 0.3) is 0 Å². The van der Waals surface area contributed by atoms with Crippen LogP contribution >= 0.6 is 0 Å². The van der Waals surface area contributed by atoms with Gasteiger partial charge in [-0.05, 0) is 30.6 Å². The molecule has 0 atom stereocenters. The van der Waals surface area contributed by atoms with Crippen molar-refractivity contribution in [2.75, 3.05) is 20.8 Å². The molecule has 0 bridgehead atoms. The molecule has 0 rings (SSSR count). The van der Waals surface area contributed by atoms with Crippen LogP contribution < -0.4 is 0 Å². The molecule has 0 aromatic heterocycles. The summed E-state index contributed by atoms with van der Waals surface area (Å²) in [6, 6.07) is 1.08. The summed E-state index contributed by atoms with van der Waals surface area (Å²) >= 11 is 0. The fourth-order valence-electron chi connectivity index (χ4n) is 2.70. The van der Waals surface area contributed by atoms with Crippen molar-refractivity contribution in [3.8, 4) is 0 Å². The lowest BCUT2D eigenvalue weighted by atomic mass is 10.2. The zero-order valence-corrected chi connectivity index (χ0v) is 19.4. The minimum absolute atomic E-state index is 0.399. The van der Waals surface area contributed by atoms with Gasteiger partial charge in [0.25, 0.3) is 0 Å². The predicted molar refractivity (Wildman–Crippen MR) is 102 cm³/mol. The van der Waals surface area contributed by atoms with E-state index in [1.807, 2.05) is 0 Å². The lowest BCUT2D eigenvalue weighted by Gasteiger charge is -2.52. The van der Waals surface area contributed by atoms with E-state index in [1.165, 1.54) is 13.0 Å². The SMILES string of the molecule is CO[Si](C)(CCCN([Si](C)(C)C)[Si](C)(C)C(C)(C)C)OC. The molecule has 0 spiro atoms. The van der Waals surface area contributed by atoms with Crippen molar-refractivity contribution in [3.05, 3.63) is 0 Å². The van der Waals surface area contributed by atoms with Gasteiger partial charge in [0.1, 0.15) is 16.5 Å². The van der Waals surface area contributed by atoms with Crippen LogP contribution in [0.1, 0.15) is 27.2 Å². The van der Waals surface area contributed by atoms with Crippen LogP contribution in [-0.4, -0.2) is 50.0 Å². The van der Waals surface area contributed by atoms with Crippen molar-refractivity contribution in [1.29, 1.82) is 0 Å². The largest absolute Gasteiger partial charge is 0.398 e. The highest BCUT2D eigenvalue weighted by atomic mass is 28.4. The summed E-state index contributed by atoms with van der Waals surface area (Å²) in [7, 11) is -1.12. The van der Waals surface area contributed by atoms with Crippen molar-refractivity contribution in [2.45, 2.75) is 77.6 Å². The summed E-state index contributed by atoms with van der Waals surface area (Å²) in [6.07, 6.45) is 1.18. The van der Waals surface area contributed by atoms with E-state index in [0.29, 0.717) is 5.04 Å². The summed E-state index contributed by atoms with van der Waals surface area (Å²) in [6.45, 7) is 23.1. The molecule has 0 aliphatic carbocycles. The van der Waals surface area contributed by atoms with Gasteiger partial charge in [-0.25, -0.2) is 0 Å². The van der Waals surface area contributed by atoms with Crippen LogP contribution in [0.4, 0.5) is 0 Å². The van der Waals surface area contributed by atoms with Gasteiger partial charge in [0.05, 0.1) is 0 Å². The van der Waals surface area contributed by atoms with Crippen LogP contribution in [0.3, 0.4) is 0 Å². The monoisotopic (exact) mass is 349 g/mol. The Hall–Kier alpha value is 0.531. The molecule has 0 saturated heterocycles. The molecular formula is C15H39NO2Si3. The molecule has 0 amide bonds. The second kappa shape index (κ2) is 7.40.